The lowest BCUT2D eigenvalue weighted by Gasteiger charge is -2.13. The summed E-state index contributed by atoms with van der Waals surface area (Å²) in [5, 5.41) is 2.24. The molecule has 5 aromatic rings. The molecule has 0 radical (unpaired) electrons. The largest absolute Gasteiger partial charge is 0.399 e. The molecule has 2 aromatic heterocycles. The average molecular weight is 347 g/mol. The van der Waals surface area contributed by atoms with Crippen LogP contribution in [-0.2, 0) is 0 Å². The number of pyridine rings is 2. The first-order valence-corrected chi connectivity index (χ1v) is 8.89. The van der Waals surface area contributed by atoms with Crippen molar-refractivity contribution in [2.45, 2.75) is 0 Å². The van der Waals surface area contributed by atoms with E-state index in [0.717, 1.165) is 49.9 Å². The molecule has 0 unspecified atom stereocenters. The molecule has 3 heteroatoms. The first-order chi connectivity index (χ1) is 13.3. The van der Waals surface area contributed by atoms with Crippen molar-refractivity contribution in [3.63, 3.8) is 0 Å². The number of nitrogens with zero attached hydrogens (tertiary/aromatic N) is 2. The molecule has 0 amide bonds. The van der Waals surface area contributed by atoms with E-state index in [4.69, 9.17) is 10.7 Å². The minimum absolute atomic E-state index is 0.735. The van der Waals surface area contributed by atoms with Gasteiger partial charge in [-0.3, -0.25) is 4.98 Å². The van der Waals surface area contributed by atoms with Crippen molar-refractivity contribution in [1.82, 2.24) is 9.97 Å². The number of fused-ring (bicyclic) bond motifs is 3. The Morgan fingerprint density at radius 1 is 0.667 bits per heavy atom. The maximum atomic E-state index is 6.00. The zero-order valence-electron chi connectivity index (χ0n) is 14.6. The summed E-state index contributed by atoms with van der Waals surface area (Å²) in [5.41, 5.74) is 12.9. The normalized spacial score (nSPS) is 11.1. The molecule has 27 heavy (non-hydrogen) atoms. The van der Waals surface area contributed by atoms with Gasteiger partial charge in [0.05, 0.1) is 16.7 Å². The Morgan fingerprint density at radius 3 is 2.33 bits per heavy atom. The number of hydrogen-bond acceptors (Lipinski definition) is 3. The fourth-order valence-electron chi connectivity index (χ4n) is 3.58. The van der Waals surface area contributed by atoms with Gasteiger partial charge in [0.1, 0.15) is 0 Å². The van der Waals surface area contributed by atoms with Crippen molar-refractivity contribution in [2.24, 2.45) is 0 Å². The Hall–Kier alpha value is -3.72. The summed E-state index contributed by atoms with van der Waals surface area (Å²) >= 11 is 0. The zero-order chi connectivity index (χ0) is 18.2. The highest BCUT2D eigenvalue weighted by molar-refractivity contribution is 6.12. The quantitative estimate of drug-likeness (QED) is 0.329. The first kappa shape index (κ1) is 15.5. The van der Waals surface area contributed by atoms with E-state index in [1.165, 1.54) is 0 Å². The van der Waals surface area contributed by atoms with Gasteiger partial charge in [0.2, 0.25) is 0 Å². The Balaban J connectivity index is 1.90. The predicted molar refractivity (Wildman–Crippen MR) is 112 cm³/mol. The molecule has 2 heterocycles. The van der Waals surface area contributed by atoms with Crippen LogP contribution in [0.15, 0.2) is 91.1 Å². The summed E-state index contributed by atoms with van der Waals surface area (Å²) in [6.07, 6.45) is 1.82. The number of anilines is 1. The molecule has 0 bridgehead atoms. The van der Waals surface area contributed by atoms with Gasteiger partial charge in [-0.15, -0.1) is 0 Å². The SMILES string of the molecule is Nc1cccc(-c2cc(-c3ccccc3)c3c(ccc4ncccc43)n2)c1. The summed E-state index contributed by atoms with van der Waals surface area (Å²) in [5.74, 6) is 0. The van der Waals surface area contributed by atoms with Gasteiger partial charge in [0, 0.05) is 28.2 Å². The van der Waals surface area contributed by atoms with Crippen molar-refractivity contribution < 1.29 is 0 Å². The third-order valence-electron chi connectivity index (χ3n) is 4.82. The van der Waals surface area contributed by atoms with Crippen LogP contribution in [0.1, 0.15) is 0 Å². The molecule has 0 saturated carbocycles. The summed E-state index contributed by atoms with van der Waals surface area (Å²) < 4.78 is 0. The van der Waals surface area contributed by atoms with E-state index in [9.17, 15) is 0 Å². The minimum atomic E-state index is 0.735. The molecule has 2 N–H and O–H groups in total. The summed E-state index contributed by atoms with van der Waals surface area (Å²) in [7, 11) is 0. The van der Waals surface area contributed by atoms with Gasteiger partial charge in [0.25, 0.3) is 0 Å². The standard InChI is InChI=1S/C24H17N3/c25-18-9-4-8-17(14-18)23-15-20(16-6-2-1-3-7-16)24-19-10-5-13-26-21(19)11-12-22(24)27-23/h1-15H,25H2. The second-order valence-corrected chi connectivity index (χ2v) is 6.58. The van der Waals surface area contributed by atoms with E-state index in [2.05, 4.69) is 41.4 Å². The van der Waals surface area contributed by atoms with Crippen LogP contribution in [0, 0.1) is 0 Å². The fourth-order valence-corrected chi connectivity index (χ4v) is 3.58. The molecular formula is C24H17N3. The molecule has 0 spiro atoms. The minimum Gasteiger partial charge on any atom is -0.399 e. The first-order valence-electron chi connectivity index (χ1n) is 8.89. The van der Waals surface area contributed by atoms with Gasteiger partial charge >= 0.3 is 0 Å². The average Bonchev–Trinajstić information content (AvgIpc) is 2.73. The van der Waals surface area contributed by atoms with Gasteiger partial charge < -0.3 is 5.73 Å². The number of aromatic nitrogens is 2. The smallest absolute Gasteiger partial charge is 0.0723 e. The second kappa shape index (κ2) is 6.22. The monoisotopic (exact) mass is 347 g/mol. The molecule has 0 atom stereocenters. The Morgan fingerprint density at radius 2 is 1.48 bits per heavy atom. The Labute approximate surface area is 157 Å². The summed E-state index contributed by atoms with van der Waals surface area (Å²) in [6, 6.07) is 28.6. The van der Waals surface area contributed by atoms with E-state index in [1.807, 2.05) is 54.7 Å². The Kier molecular flexibility index (Phi) is 3.58. The van der Waals surface area contributed by atoms with E-state index >= 15 is 0 Å². The number of nitrogen functional groups attached to an aromatic ring is 1. The third kappa shape index (κ3) is 2.70. The van der Waals surface area contributed by atoms with Gasteiger partial charge in [-0.2, -0.15) is 0 Å². The van der Waals surface area contributed by atoms with Gasteiger partial charge in [-0.25, -0.2) is 4.98 Å². The maximum absolute atomic E-state index is 6.00. The van der Waals surface area contributed by atoms with Crippen molar-refractivity contribution in [3.05, 3.63) is 91.1 Å². The van der Waals surface area contributed by atoms with Gasteiger partial charge in [-0.05, 0) is 47.5 Å². The van der Waals surface area contributed by atoms with Crippen molar-refractivity contribution >= 4 is 27.5 Å². The van der Waals surface area contributed by atoms with E-state index < -0.39 is 0 Å². The van der Waals surface area contributed by atoms with Crippen LogP contribution in [0.3, 0.4) is 0 Å². The maximum Gasteiger partial charge on any atom is 0.0723 e. The van der Waals surface area contributed by atoms with Crippen LogP contribution in [0.5, 0.6) is 0 Å². The molecular weight excluding hydrogens is 330 g/mol. The second-order valence-electron chi connectivity index (χ2n) is 6.58. The predicted octanol–water partition coefficient (Wildman–Crippen LogP) is 5.70. The highest BCUT2D eigenvalue weighted by Crippen LogP contribution is 2.36. The number of nitrogens with two attached hydrogens (primary N) is 1. The lowest BCUT2D eigenvalue weighted by atomic mass is 9.95. The molecule has 3 aromatic carbocycles. The molecule has 0 aliphatic heterocycles. The fraction of sp³-hybridized carbons (Fsp3) is 0. The van der Waals surface area contributed by atoms with Crippen molar-refractivity contribution in [3.8, 4) is 22.4 Å². The number of rotatable bonds is 2. The van der Waals surface area contributed by atoms with Crippen LogP contribution < -0.4 is 5.73 Å². The zero-order valence-corrected chi connectivity index (χ0v) is 14.6. The topological polar surface area (TPSA) is 51.8 Å². The van der Waals surface area contributed by atoms with Crippen LogP contribution in [-0.4, -0.2) is 9.97 Å². The molecule has 0 saturated heterocycles. The van der Waals surface area contributed by atoms with E-state index in [0.29, 0.717) is 0 Å². The van der Waals surface area contributed by atoms with E-state index in [1.54, 1.807) is 0 Å². The van der Waals surface area contributed by atoms with Crippen LogP contribution >= 0.6 is 0 Å². The molecule has 0 aliphatic rings. The lowest BCUT2D eigenvalue weighted by Crippen LogP contribution is -1.92. The number of benzene rings is 3. The highest BCUT2D eigenvalue weighted by atomic mass is 14.7. The van der Waals surface area contributed by atoms with Gasteiger partial charge in [-0.1, -0.05) is 48.5 Å². The van der Waals surface area contributed by atoms with E-state index in [-0.39, 0.29) is 0 Å². The van der Waals surface area contributed by atoms with Crippen molar-refractivity contribution in [1.29, 1.82) is 0 Å². The molecule has 0 aliphatic carbocycles. The van der Waals surface area contributed by atoms with Crippen LogP contribution in [0.2, 0.25) is 0 Å². The molecule has 5 rings (SSSR count). The van der Waals surface area contributed by atoms with Crippen molar-refractivity contribution in [2.75, 3.05) is 5.73 Å². The molecule has 0 fully saturated rings. The van der Waals surface area contributed by atoms with Crippen LogP contribution in [0.4, 0.5) is 5.69 Å². The number of hydrogen-bond donors (Lipinski definition) is 1. The highest BCUT2D eigenvalue weighted by Gasteiger charge is 2.12. The molecule has 128 valence electrons. The Bertz CT molecular complexity index is 1280. The van der Waals surface area contributed by atoms with Crippen LogP contribution in [0.25, 0.3) is 44.2 Å². The van der Waals surface area contributed by atoms with Gasteiger partial charge in [0.15, 0.2) is 0 Å². The lowest BCUT2D eigenvalue weighted by molar-refractivity contribution is 1.38. The third-order valence-corrected chi connectivity index (χ3v) is 4.82. The summed E-state index contributed by atoms with van der Waals surface area (Å²) in [4.78, 5) is 9.45. The molecule has 3 nitrogen and oxygen atoms in total. The summed E-state index contributed by atoms with van der Waals surface area (Å²) in [6.45, 7) is 0.